The zero-order valence-electron chi connectivity index (χ0n) is 8.16. The minimum absolute atomic E-state index is 0.428. The van der Waals surface area contributed by atoms with Gasteiger partial charge in [0.15, 0.2) is 0 Å². The molecule has 3 nitrogen and oxygen atoms in total. The summed E-state index contributed by atoms with van der Waals surface area (Å²) in [6, 6.07) is 1.71. The molecule has 0 unspecified atom stereocenters. The van der Waals surface area contributed by atoms with Gasteiger partial charge >= 0.3 is 0 Å². The molecule has 0 atom stereocenters. The molecule has 15 heavy (non-hydrogen) atoms. The number of nitrogens with zero attached hydrogens (tertiary/aromatic N) is 3. The number of halogens is 2. The number of hydrogen-bond acceptors (Lipinski definition) is 3. The van der Waals surface area contributed by atoms with E-state index in [1.54, 1.807) is 6.07 Å². The van der Waals surface area contributed by atoms with Crippen molar-refractivity contribution in [2.75, 3.05) is 18.0 Å². The second kappa shape index (κ2) is 3.30. The van der Waals surface area contributed by atoms with Crippen molar-refractivity contribution >= 4 is 17.4 Å². The van der Waals surface area contributed by atoms with Crippen LogP contribution in [0.15, 0.2) is 6.07 Å². The topological polar surface area (TPSA) is 29.0 Å². The maximum absolute atomic E-state index is 12.7. The maximum Gasteiger partial charge on any atom is 0.135 e. The third-order valence-electron chi connectivity index (χ3n) is 2.80. The van der Waals surface area contributed by atoms with Crippen LogP contribution < -0.4 is 4.90 Å². The molecule has 2 heterocycles. The van der Waals surface area contributed by atoms with Crippen molar-refractivity contribution < 1.29 is 4.39 Å². The minimum atomic E-state index is -0.719. The van der Waals surface area contributed by atoms with Gasteiger partial charge in [-0.05, 0) is 12.8 Å². The van der Waals surface area contributed by atoms with Crippen molar-refractivity contribution in [2.45, 2.75) is 24.9 Å². The summed E-state index contributed by atoms with van der Waals surface area (Å²) < 4.78 is 12.7. The number of alkyl halides is 1. The zero-order chi connectivity index (χ0) is 10.4. The highest BCUT2D eigenvalue weighted by molar-refractivity contribution is 6.29. The lowest BCUT2D eigenvalue weighted by atomic mass is 10.2. The lowest BCUT2D eigenvalue weighted by molar-refractivity contribution is 0.273. The molecular formula is C10H11ClFN3. The molecule has 0 radical (unpaired) electrons. The van der Waals surface area contributed by atoms with Crippen LogP contribution in [-0.2, 0) is 0 Å². The molecule has 1 aliphatic heterocycles. The van der Waals surface area contributed by atoms with Crippen LogP contribution in [0.1, 0.15) is 24.6 Å². The molecule has 2 aliphatic rings. The Kier molecular flexibility index (Phi) is 2.06. The van der Waals surface area contributed by atoms with E-state index in [2.05, 4.69) is 9.97 Å². The Morgan fingerprint density at radius 2 is 2.07 bits per heavy atom. The summed E-state index contributed by atoms with van der Waals surface area (Å²) in [4.78, 5) is 10.5. The largest absolute Gasteiger partial charge is 0.350 e. The van der Waals surface area contributed by atoms with E-state index in [0.717, 1.165) is 24.5 Å². The van der Waals surface area contributed by atoms with E-state index < -0.39 is 6.17 Å². The molecular weight excluding hydrogens is 217 g/mol. The second-order valence-electron chi connectivity index (χ2n) is 4.18. The summed E-state index contributed by atoms with van der Waals surface area (Å²) in [5, 5.41) is 0.462. The molecule has 0 aromatic carbocycles. The van der Waals surface area contributed by atoms with Gasteiger partial charge in [-0.1, -0.05) is 11.6 Å². The Hall–Kier alpha value is -0.900. The van der Waals surface area contributed by atoms with Crippen LogP contribution in [0, 0.1) is 0 Å². The van der Waals surface area contributed by atoms with Gasteiger partial charge in [0, 0.05) is 12.0 Å². The summed E-state index contributed by atoms with van der Waals surface area (Å²) >= 11 is 5.91. The van der Waals surface area contributed by atoms with Gasteiger partial charge in [-0.15, -0.1) is 0 Å². The quantitative estimate of drug-likeness (QED) is 0.725. The van der Waals surface area contributed by atoms with Crippen LogP contribution in [0.2, 0.25) is 5.15 Å². The molecule has 1 saturated heterocycles. The first-order chi connectivity index (χ1) is 7.22. The fourth-order valence-electron chi connectivity index (χ4n) is 1.72. The standard InChI is InChI=1S/C10H11ClFN3/c11-8-3-9(15-4-7(12)5-15)14-10(13-8)6-1-2-6/h3,6-7H,1-2,4-5H2. The predicted octanol–water partition coefficient (Wildman–Crippen LogP) is 2.17. The molecule has 0 spiro atoms. The van der Waals surface area contributed by atoms with Crippen molar-refractivity contribution in [1.29, 1.82) is 0 Å². The van der Waals surface area contributed by atoms with Crippen LogP contribution in [-0.4, -0.2) is 29.2 Å². The summed E-state index contributed by atoms with van der Waals surface area (Å²) in [5.41, 5.74) is 0. The highest BCUT2D eigenvalue weighted by atomic mass is 35.5. The van der Waals surface area contributed by atoms with Crippen LogP contribution in [0.3, 0.4) is 0 Å². The van der Waals surface area contributed by atoms with Gasteiger partial charge < -0.3 is 4.90 Å². The van der Waals surface area contributed by atoms with Crippen LogP contribution in [0.25, 0.3) is 0 Å². The number of aromatic nitrogens is 2. The average Bonchev–Trinajstić information content (AvgIpc) is 2.94. The smallest absolute Gasteiger partial charge is 0.135 e. The maximum atomic E-state index is 12.7. The van der Waals surface area contributed by atoms with E-state index in [0.29, 0.717) is 24.2 Å². The molecule has 1 aromatic rings. The van der Waals surface area contributed by atoms with Crippen molar-refractivity contribution in [1.82, 2.24) is 9.97 Å². The third kappa shape index (κ3) is 1.78. The Morgan fingerprint density at radius 3 is 2.67 bits per heavy atom. The van der Waals surface area contributed by atoms with Gasteiger partial charge in [0.1, 0.15) is 23.0 Å². The van der Waals surface area contributed by atoms with E-state index in [-0.39, 0.29) is 0 Å². The fourth-order valence-corrected chi connectivity index (χ4v) is 1.91. The van der Waals surface area contributed by atoms with E-state index in [1.807, 2.05) is 4.90 Å². The minimum Gasteiger partial charge on any atom is -0.350 e. The molecule has 0 N–H and O–H groups in total. The highest BCUT2D eigenvalue weighted by Gasteiger charge is 2.31. The third-order valence-corrected chi connectivity index (χ3v) is 3.00. The Morgan fingerprint density at radius 1 is 1.33 bits per heavy atom. The van der Waals surface area contributed by atoms with Crippen molar-refractivity contribution in [3.05, 3.63) is 17.0 Å². The monoisotopic (exact) mass is 227 g/mol. The Bertz CT molecular complexity index is 388. The first-order valence-corrected chi connectivity index (χ1v) is 5.53. The molecule has 1 aromatic heterocycles. The lowest BCUT2D eigenvalue weighted by Crippen LogP contribution is -2.48. The lowest BCUT2D eigenvalue weighted by Gasteiger charge is -2.35. The second-order valence-corrected chi connectivity index (χ2v) is 4.57. The van der Waals surface area contributed by atoms with E-state index in [4.69, 9.17) is 11.6 Å². The molecule has 0 bridgehead atoms. The first kappa shape index (κ1) is 9.33. The number of rotatable bonds is 2. The Balaban J connectivity index is 1.87. The first-order valence-electron chi connectivity index (χ1n) is 5.16. The van der Waals surface area contributed by atoms with Crippen molar-refractivity contribution in [2.24, 2.45) is 0 Å². The van der Waals surface area contributed by atoms with Gasteiger partial charge in [0.05, 0.1) is 13.1 Å². The number of hydrogen-bond donors (Lipinski definition) is 0. The molecule has 80 valence electrons. The summed E-state index contributed by atoms with van der Waals surface area (Å²) in [5.74, 6) is 2.07. The fraction of sp³-hybridized carbons (Fsp3) is 0.600. The molecule has 1 saturated carbocycles. The van der Waals surface area contributed by atoms with Crippen LogP contribution >= 0.6 is 11.6 Å². The highest BCUT2D eigenvalue weighted by Crippen LogP contribution is 2.39. The summed E-state index contributed by atoms with van der Waals surface area (Å²) in [7, 11) is 0. The molecule has 5 heteroatoms. The van der Waals surface area contributed by atoms with E-state index in [9.17, 15) is 4.39 Å². The van der Waals surface area contributed by atoms with Gasteiger partial charge in [-0.2, -0.15) is 0 Å². The predicted molar refractivity (Wildman–Crippen MR) is 56.1 cm³/mol. The van der Waals surface area contributed by atoms with Crippen molar-refractivity contribution in [3.8, 4) is 0 Å². The van der Waals surface area contributed by atoms with Crippen molar-refractivity contribution in [3.63, 3.8) is 0 Å². The van der Waals surface area contributed by atoms with Crippen LogP contribution in [0.4, 0.5) is 10.2 Å². The van der Waals surface area contributed by atoms with Gasteiger partial charge in [0.2, 0.25) is 0 Å². The summed E-state index contributed by atoms with van der Waals surface area (Å²) in [6.07, 6.45) is 1.57. The van der Waals surface area contributed by atoms with E-state index >= 15 is 0 Å². The van der Waals surface area contributed by atoms with Gasteiger partial charge in [0.25, 0.3) is 0 Å². The zero-order valence-corrected chi connectivity index (χ0v) is 8.91. The van der Waals surface area contributed by atoms with Crippen LogP contribution in [0.5, 0.6) is 0 Å². The van der Waals surface area contributed by atoms with Gasteiger partial charge in [-0.3, -0.25) is 0 Å². The summed E-state index contributed by atoms with van der Waals surface area (Å²) in [6.45, 7) is 0.856. The molecule has 2 fully saturated rings. The Labute approximate surface area is 92.3 Å². The molecule has 1 aliphatic carbocycles. The molecule has 3 rings (SSSR count). The SMILES string of the molecule is FC1CN(c2cc(Cl)nc(C3CC3)n2)C1. The van der Waals surface area contributed by atoms with E-state index in [1.165, 1.54) is 0 Å². The average molecular weight is 228 g/mol. The normalized spacial score (nSPS) is 21.6. The molecule has 0 amide bonds. The van der Waals surface area contributed by atoms with Gasteiger partial charge in [-0.25, -0.2) is 14.4 Å². The number of anilines is 1.